The summed E-state index contributed by atoms with van der Waals surface area (Å²) in [5.74, 6) is -0.961. The molecule has 4 heteroatoms. The van der Waals surface area contributed by atoms with Crippen molar-refractivity contribution in [2.24, 2.45) is 5.73 Å². The number of rotatable bonds is 5. The van der Waals surface area contributed by atoms with Gasteiger partial charge in [0.15, 0.2) is 0 Å². The molecule has 88 valence electrons. The summed E-state index contributed by atoms with van der Waals surface area (Å²) in [6.45, 7) is 0.880. The maximum Gasteiger partial charge on any atom is 0.320 e. The van der Waals surface area contributed by atoms with Crippen LogP contribution in [0.5, 0.6) is 0 Å². The molecule has 0 aliphatic rings. The Morgan fingerprint density at radius 2 is 1.81 bits per heavy atom. The minimum absolute atomic E-state index is 0.373. The molecule has 0 spiro atoms. The number of aliphatic carboxylic acids is 1. The molecule has 0 heterocycles. The zero-order valence-electron chi connectivity index (χ0n) is 9.68. The van der Waals surface area contributed by atoms with Crippen LogP contribution in [-0.2, 0) is 17.8 Å². The predicted octanol–water partition coefficient (Wildman–Crippen LogP) is 0.703. The van der Waals surface area contributed by atoms with E-state index in [1.165, 1.54) is 5.56 Å². The Labute approximate surface area is 95.7 Å². The van der Waals surface area contributed by atoms with Gasteiger partial charge in [-0.1, -0.05) is 24.3 Å². The average molecular weight is 222 g/mol. The molecule has 0 aliphatic carbocycles. The summed E-state index contributed by atoms with van der Waals surface area (Å²) in [6.07, 6.45) is 0.373. The van der Waals surface area contributed by atoms with Crippen molar-refractivity contribution in [3.8, 4) is 0 Å². The van der Waals surface area contributed by atoms with E-state index in [1.54, 1.807) is 0 Å². The first-order valence-electron chi connectivity index (χ1n) is 5.20. The Morgan fingerprint density at radius 1 is 1.31 bits per heavy atom. The fourth-order valence-corrected chi connectivity index (χ4v) is 1.49. The largest absolute Gasteiger partial charge is 0.480 e. The van der Waals surface area contributed by atoms with Crippen molar-refractivity contribution in [3.05, 3.63) is 35.4 Å². The quantitative estimate of drug-likeness (QED) is 0.769. The van der Waals surface area contributed by atoms with Crippen LogP contribution in [0.1, 0.15) is 11.1 Å². The van der Waals surface area contributed by atoms with Gasteiger partial charge in [0.25, 0.3) is 0 Å². The van der Waals surface area contributed by atoms with Crippen molar-refractivity contribution in [2.75, 3.05) is 14.1 Å². The molecule has 1 unspecified atom stereocenters. The first-order valence-corrected chi connectivity index (χ1v) is 5.20. The molecule has 0 fully saturated rings. The molecule has 0 aliphatic heterocycles. The van der Waals surface area contributed by atoms with Gasteiger partial charge in [0.1, 0.15) is 6.04 Å². The Hall–Kier alpha value is -1.39. The van der Waals surface area contributed by atoms with Gasteiger partial charge < -0.3 is 15.7 Å². The van der Waals surface area contributed by atoms with Crippen molar-refractivity contribution >= 4 is 5.97 Å². The van der Waals surface area contributed by atoms with Gasteiger partial charge >= 0.3 is 5.97 Å². The van der Waals surface area contributed by atoms with E-state index >= 15 is 0 Å². The number of carbonyl (C=O) groups is 1. The maximum atomic E-state index is 10.6. The zero-order valence-corrected chi connectivity index (χ0v) is 9.68. The van der Waals surface area contributed by atoms with Crippen molar-refractivity contribution < 1.29 is 9.90 Å². The summed E-state index contributed by atoms with van der Waals surface area (Å²) in [5.41, 5.74) is 7.62. The van der Waals surface area contributed by atoms with Crippen molar-refractivity contribution in [1.82, 2.24) is 4.90 Å². The van der Waals surface area contributed by atoms with Gasteiger partial charge in [0, 0.05) is 6.54 Å². The van der Waals surface area contributed by atoms with Crippen LogP contribution in [0.4, 0.5) is 0 Å². The molecule has 4 nitrogen and oxygen atoms in total. The zero-order chi connectivity index (χ0) is 12.1. The highest BCUT2D eigenvalue weighted by atomic mass is 16.4. The fraction of sp³-hybridized carbons (Fsp3) is 0.417. The lowest BCUT2D eigenvalue weighted by Crippen LogP contribution is -2.32. The van der Waals surface area contributed by atoms with Gasteiger partial charge in [0.2, 0.25) is 0 Å². The molecule has 0 amide bonds. The number of benzene rings is 1. The van der Waals surface area contributed by atoms with Crippen LogP contribution < -0.4 is 5.73 Å². The third-order valence-electron chi connectivity index (χ3n) is 2.29. The number of carboxylic acid groups (broad SMARTS) is 1. The third kappa shape index (κ3) is 4.00. The molecule has 1 aromatic rings. The molecule has 0 radical (unpaired) electrons. The van der Waals surface area contributed by atoms with Crippen LogP contribution >= 0.6 is 0 Å². The second-order valence-corrected chi connectivity index (χ2v) is 4.20. The van der Waals surface area contributed by atoms with Gasteiger partial charge in [-0.3, -0.25) is 4.79 Å². The molecule has 3 N–H and O–H groups in total. The lowest BCUT2D eigenvalue weighted by molar-refractivity contribution is -0.138. The summed E-state index contributed by atoms with van der Waals surface area (Å²) in [5, 5.41) is 8.69. The second kappa shape index (κ2) is 5.63. The summed E-state index contributed by atoms with van der Waals surface area (Å²) in [7, 11) is 4.02. The molecule has 16 heavy (non-hydrogen) atoms. The normalized spacial score (nSPS) is 12.8. The van der Waals surface area contributed by atoms with Crippen molar-refractivity contribution in [1.29, 1.82) is 0 Å². The molecular formula is C12H18N2O2. The van der Waals surface area contributed by atoms with Gasteiger partial charge in [-0.15, -0.1) is 0 Å². The number of nitrogens with two attached hydrogens (primary N) is 1. The Balaban J connectivity index is 2.61. The minimum atomic E-state index is -0.961. The molecule has 1 aromatic carbocycles. The van der Waals surface area contributed by atoms with E-state index < -0.39 is 12.0 Å². The Kier molecular flexibility index (Phi) is 4.46. The molecule has 0 saturated heterocycles. The number of hydrogen-bond acceptors (Lipinski definition) is 3. The SMILES string of the molecule is CN(C)Cc1ccc(CC(N)C(=O)O)cc1. The van der Waals surface area contributed by atoms with Crippen molar-refractivity contribution in [3.63, 3.8) is 0 Å². The highest BCUT2D eigenvalue weighted by molar-refractivity contribution is 5.73. The number of carboxylic acids is 1. The lowest BCUT2D eigenvalue weighted by Gasteiger charge is -2.11. The van der Waals surface area contributed by atoms with E-state index in [0.29, 0.717) is 6.42 Å². The van der Waals surface area contributed by atoms with Gasteiger partial charge in [-0.05, 0) is 31.6 Å². The molecule has 1 atom stereocenters. The van der Waals surface area contributed by atoms with Gasteiger partial charge in [0.05, 0.1) is 0 Å². The van der Waals surface area contributed by atoms with Gasteiger partial charge in [-0.25, -0.2) is 0 Å². The fourth-order valence-electron chi connectivity index (χ4n) is 1.49. The number of nitrogens with zero attached hydrogens (tertiary/aromatic N) is 1. The van der Waals surface area contributed by atoms with Crippen LogP contribution in [0.2, 0.25) is 0 Å². The van der Waals surface area contributed by atoms with Gasteiger partial charge in [-0.2, -0.15) is 0 Å². The molecule has 0 aromatic heterocycles. The van der Waals surface area contributed by atoms with E-state index in [-0.39, 0.29) is 0 Å². The van der Waals surface area contributed by atoms with E-state index in [1.807, 2.05) is 38.4 Å². The Bertz CT molecular complexity index is 347. The van der Waals surface area contributed by atoms with E-state index in [2.05, 4.69) is 4.90 Å². The lowest BCUT2D eigenvalue weighted by atomic mass is 10.0. The summed E-state index contributed by atoms with van der Waals surface area (Å²) >= 11 is 0. The summed E-state index contributed by atoms with van der Waals surface area (Å²) < 4.78 is 0. The smallest absolute Gasteiger partial charge is 0.320 e. The topological polar surface area (TPSA) is 66.6 Å². The first-order chi connectivity index (χ1) is 7.49. The Morgan fingerprint density at radius 3 is 2.25 bits per heavy atom. The minimum Gasteiger partial charge on any atom is -0.480 e. The summed E-state index contributed by atoms with van der Waals surface area (Å²) in [4.78, 5) is 12.7. The first kappa shape index (κ1) is 12.7. The van der Waals surface area contributed by atoms with E-state index in [4.69, 9.17) is 10.8 Å². The standard InChI is InChI=1S/C12H18N2O2/c1-14(2)8-10-5-3-9(4-6-10)7-11(13)12(15)16/h3-6,11H,7-8,13H2,1-2H3,(H,15,16). The highest BCUT2D eigenvalue weighted by Gasteiger charge is 2.11. The van der Waals surface area contributed by atoms with Crippen LogP contribution in [0.25, 0.3) is 0 Å². The number of hydrogen-bond donors (Lipinski definition) is 2. The second-order valence-electron chi connectivity index (χ2n) is 4.20. The molecule has 1 rings (SSSR count). The predicted molar refractivity (Wildman–Crippen MR) is 63.1 cm³/mol. The monoisotopic (exact) mass is 222 g/mol. The van der Waals surface area contributed by atoms with E-state index in [9.17, 15) is 4.79 Å². The third-order valence-corrected chi connectivity index (χ3v) is 2.29. The molecular weight excluding hydrogens is 204 g/mol. The van der Waals surface area contributed by atoms with Crippen LogP contribution in [-0.4, -0.2) is 36.1 Å². The van der Waals surface area contributed by atoms with Crippen LogP contribution in [0.15, 0.2) is 24.3 Å². The highest BCUT2D eigenvalue weighted by Crippen LogP contribution is 2.07. The van der Waals surface area contributed by atoms with Crippen LogP contribution in [0.3, 0.4) is 0 Å². The summed E-state index contributed by atoms with van der Waals surface area (Å²) in [6, 6.07) is 7.05. The van der Waals surface area contributed by atoms with Crippen LogP contribution in [0, 0.1) is 0 Å². The van der Waals surface area contributed by atoms with E-state index in [0.717, 1.165) is 12.1 Å². The molecule has 0 bridgehead atoms. The molecule has 0 saturated carbocycles. The van der Waals surface area contributed by atoms with Crippen molar-refractivity contribution in [2.45, 2.75) is 19.0 Å². The maximum absolute atomic E-state index is 10.6. The average Bonchev–Trinajstić information content (AvgIpc) is 2.20.